The molecular weight excluding hydrogens is 412 g/mol. The summed E-state index contributed by atoms with van der Waals surface area (Å²) in [4.78, 5) is 18.6. The zero-order chi connectivity index (χ0) is 22.4. The number of thiophene rings is 1. The van der Waals surface area contributed by atoms with Crippen LogP contribution in [0.1, 0.15) is 34.5 Å². The number of aliphatic hydroxyl groups excluding tert-OH is 1. The predicted octanol–water partition coefficient (Wildman–Crippen LogP) is 3.20. The van der Waals surface area contributed by atoms with E-state index in [4.69, 9.17) is 9.47 Å². The molecule has 2 heterocycles. The van der Waals surface area contributed by atoms with Crippen molar-refractivity contribution in [1.29, 1.82) is 0 Å². The van der Waals surface area contributed by atoms with Gasteiger partial charge in [0.1, 0.15) is 12.4 Å². The molecule has 0 saturated heterocycles. The molecule has 3 rings (SSSR count). The second-order valence-corrected chi connectivity index (χ2v) is 9.31. The maximum atomic E-state index is 13.3. The Labute approximate surface area is 189 Å². The Morgan fingerprint density at radius 3 is 2.87 bits per heavy atom. The molecule has 0 saturated carbocycles. The van der Waals surface area contributed by atoms with Crippen LogP contribution in [-0.2, 0) is 16.0 Å². The second kappa shape index (κ2) is 11.1. The molecule has 0 radical (unpaired) electrons. The number of carbonyl (C=O) groups excluding carboxylic acids is 1. The van der Waals surface area contributed by atoms with Crippen molar-refractivity contribution in [3.05, 3.63) is 51.2 Å². The molecule has 2 atom stereocenters. The Kier molecular flexibility index (Phi) is 8.49. The number of fused-ring (bicyclic) bond motifs is 1. The van der Waals surface area contributed by atoms with Gasteiger partial charge in [-0.25, -0.2) is 0 Å². The molecule has 2 aromatic rings. The highest BCUT2D eigenvalue weighted by Gasteiger charge is 2.33. The van der Waals surface area contributed by atoms with Crippen LogP contribution >= 0.6 is 11.3 Å². The van der Waals surface area contributed by atoms with E-state index in [1.807, 2.05) is 28.9 Å². The minimum atomic E-state index is -0.502. The van der Waals surface area contributed by atoms with Gasteiger partial charge in [-0.15, -0.1) is 11.3 Å². The lowest BCUT2D eigenvalue weighted by molar-refractivity contribution is -0.136. The summed E-state index contributed by atoms with van der Waals surface area (Å²) in [5.41, 5.74) is 3.49. The monoisotopic (exact) mass is 446 g/mol. The molecule has 31 heavy (non-hydrogen) atoms. The minimum absolute atomic E-state index is 0.0582. The number of aryl methyl sites for hydroxylation is 2. The first-order chi connectivity index (χ1) is 14.9. The van der Waals surface area contributed by atoms with Gasteiger partial charge >= 0.3 is 0 Å². The molecule has 1 aromatic heterocycles. The Morgan fingerprint density at radius 2 is 2.16 bits per heavy atom. The minimum Gasteiger partial charge on any atom is -0.491 e. The first kappa shape index (κ1) is 23.7. The maximum absolute atomic E-state index is 13.3. The molecule has 0 fully saturated rings. The third kappa shape index (κ3) is 6.29. The largest absolute Gasteiger partial charge is 0.491 e. The summed E-state index contributed by atoms with van der Waals surface area (Å²) in [6, 6.07) is 8.17. The van der Waals surface area contributed by atoms with Crippen LogP contribution in [0.4, 0.5) is 0 Å². The summed E-state index contributed by atoms with van der Waals surface area (Å²) < 4.78 is 11.4. The van der Waals surface area contributed by atoms with Gasteiger partial charge in [-0.2, -0.15) is 0 Å². The summed E-state index contributed by atoms with van der Waals surface area (Å²) in [5.74, 6) is 0.916. The lowest BCUT2D eigenvalue weighted by Gasteiger charge is -2.37. The molecule has 0 spiro atoms. The number of aliphatic hydroxyl groups is 1. The van der Waals surface area contributed by atoms with Crippen molar-refractivity contribution in [3.8, 4) is 5.75 Å². The first-order valence-corrected chi connectivity index (χ1v) is 11.7. The molecule has 1 aliphatic rings. The topological polar surface area (TPSA) is 62.2 Å². The standard InChI is InChI=1S/C24H34N2O4S/c1-17-5-6-22(18(2)13-17)30-16-21-20-8-12-31-23(20)7-9-26(21)24(28)15-25(10-11-29-4)14-19(3)27/h5-6,8,12-13,19,21,27H,7,9-11,14-16H2,1-4H3/t19-,21-/m1/s1. The van der Waals surface area contributed by atoms with Crippen LogP contribution in [-0.4, -0.2) is 73.4 Å². The summed E-state index contributed by atoms with van der Waals surface area (Å²) in [6.07, 6.45) is 0.367. The summed E-state index contributed by atoms with van der Waals surface area (Å²) in [7, 11) is 1.64. The Morgan fingerprint density at radius 1 is 1.35 bits per heavy atom. The zero-order valence-electron chi connectivity index (χ0n) is 19.0. The molecular formula is C24H34N2O4S. The number of hydrogen-bond acceptors (Lipinski definition) is 6. The molecule has 170 valence electrons. The van der Waals surface area contributed by atoms with Crippen molar-refractivity contribution < 1.29 is 19.4 Å². The summed E-state index contributed by atoms with van der Waals surface area (Å²) >= 11 is 1.75. The van der Waals surface area contributed by atoms with Gasteiger partial charge in [0.15, 0.2) is 0 Å². The van der Waals surface area contributed by atoms with Crippen LogP contribution in [0.2, 0.25) is 0 Å². The van der Waals surface area contributed by atoms with E-state index < -0.39 is 6.10 Å². The van der Waals surface area contributed by atoms with Crippen LogP contribution in [0.25, 0.3) is 0 Å². The van der Waals surface area contributed by atoms with Gasteiger partial charge in [-0.05, 0) is 55.8 Å². The van der Waals surface area contributed by atoms with Gasteiger partial charge in [0.05, 0.1) is 25.3 Å². The van der Waals surface area contributed by atoms with Gasteiger partial charge in [-0.3, -0.25) is 9.69 Å². The summed E-state index contributed by atoms with van der Waals surface area (Å²) in [6.45, 7) is 8.79. The molecule has 0 unspecified atom stereocenters. The smallest absolute Gasteiger partial charge is 0.237 e. The quantitative estimate of drug-likeness (QED) is 0.607. The number of benzene rings is 1. The maximum Gasteiger partial charge on any atom is 0.237 e. The fourth-order valence-corrected chi connectivity index (χ4v) is 5.04. The highest BCUT2D eigenvalue weighted by atomic mass is 32.1. The number of hydrogen-bond donors (Lipinski definition) is 1. The van der Waals surface area contributed by atoms with Crippen LogP contribution in [0, 0.1) is 13.8 Å². The van der Waals surface area contributed by atoms with Gasteiger partial charge in [0, 0.05) is 31.6 Å². The van der Waals surface area contributed by atoms with E-state index in [0.717, 1.165) is 17.7 Å². The van der Waals surface area contributed by atoms with E-state index in [1.54, 1.807) is 25.4 Å². The van der Waals surface area contributed by atoms with Crippen LogP contribution in [0.5, 0.6) is 5.75 Å². The predicted molar refractivity (Wildman–Crippen MR) is 124 cm³/mol. The third-order valence-corrected chi connectivity index (χ3v) is 6.63. The fourth-order valence-electron chi connectivity index (χ4n) is 4.12. The molecule has 6 nitrogen and oxygen atoms in total. The number of ether oxygens (including phenoxy) is 2. The summed E-state index contributed by atoms with van der Waals surface area (Å²) in [5, 5.41) is 11.9. The number of carbonyl (C=O) groups is 1. The molecule has 1 amide bonds. The number of rotatable bonds is 10. The van der Waals surface area contributed by atoms with E-state index in [0.29, 0.717) is 32.8 Å². The second-order valence-electron chi connectivity index (χ2n) is 8.31. The fraction of sp³-hybridized carbons (Fsp3) is 0.542. The Balaban J connectivity index is 1.74. The van der Waals surface area contributed by atoms with Crippen molar-refractivity contribution in [2.24, 2.45) is 0 Å². The molecule has 1 aromatic carbocycles. The van der Waals surface area contributed by atoms with Crippen molar-refractivity contribution in [1.82, 2.24) is 9.80 Å². The van der Waals surface area contributed by atoms with Crippen molar-refractivity contribution >= 4 is 17.2 Å². The van der Waals surface area contributed by atoms with Gasteiger partial charge in [0.25, 0.3) is 0 Å². The molecule has 0 bridgehead atoms. The Bertz CT molecular complexity index is 867. The average molecular weight is 447 g/mol. The average Bonchev–Trinajstić information content (AvgIpc) is 3.19. The van der Waals surface area contributed by atoms with E-state index >= 15 is 0 Å². The molecule has 7 heteroatoms. The van der Waals surface area contributed by atoms with Crippen molar-refractivity contribution in [3.63, 3.8) is 0 Å². The molecule has 0 aliphatic carbocycles. The molecule has 1 aliphatic heterocycles. The zero-order valence-corrected chi connectivity index (χ0v) is 19.8. The Hall–Kier alpha value is -1.93. The van der Waals surface area contributed by atoms with Gasteiger partial charge in [0.2, 0.25) is 5.91 Å². The molecule has 1 N–H and O–H groups in total. The van der Waals surface area contributed by atoms with E-state index in [2.05, 4.69) is 24.4 Å². The van der Waals surface area contributed by atoms with Crippen LogP contribution in [0.3, 0.4) is 0 Å². The van der Waals surface area contributed by atoms with E-state index in [1.165, 1.54) is 16.0 Å². The van der Waals surface area contributed by atoms with Gasteiger partial charge < -0.3 is 19.5 Å². The van der Waals surface area contributed by atoms with E-state index in [-0.39, 0.29) is 18.5 Å². The SMILES string of the molecule is COCCN(CC(=O)N1CCc2sccc2[C@H]1COc1ccc(C)cc1C)C[C@@H](C)O. The number of methoxy groups -OCH3 is 1. The highest BCUT2D eigenvalue weighted by molar-refractivity contribution is 7.10. The van der Waals surface area contributed by atoms with Gasteiger partial charge in [-0.1, -0.05) is 17.7 Å². The number of amides is 1. The van der Waals surface area contributed by atoms with Crippen molar-refractivity contribution in [2.45, 2.75) is 39.3 Å². The first-order valence-electron chi connectivity index (χ1n) is 10.8. The lowest BCUT2D eigenvalue weighted by Crippen LogP contribution is -2.48. The number of nitrogens with zero attached hydrogens (tertiary/aromatic N) is 2. The van der Waals surface area contributed by atoms with Crippen LogP contribution in [0.15, 0.2) is 29.6 Å². The van der Waals surface area contributed by atoms with E-state index in [9.17, 15) is 9.90 Å². The highest BCUT2D eigenvalue weighted by Crippen LogP contribution is 2.34. The third-order valence-electron chi connectivity index (χ3n) is 5.64. The lowest BCUT2D eigenvalue weighted by atomic mass is 10.00. The van der Waals surface area contributed by atoms with Crippen molar-refractivity contribution in [2.75, 3.05) is 46.5 Å². The normalized spacial score (nSPS) is 17.0. The van der Waals surface area contributed by atoms with Crippen LogP contribution < -0.4 is 4.74 Å².